The van der Waals surface area contributed by atoms with Crippen LogP contribution in [-0.2, 0) is 4.79 Å². The molecule has 3 N–H and O–H groups in total. The summed E-state index contributed by atoms with van der Waals surface area (Å²) in [6, 6.07) is 1.76. The Morgan fingerprint density at radius 2 is 2.20 bits per heavy atom. The summed E-state index contributed by atoms with van der Waals surface area (Å²) in [7, 11) is 0. The van der Waals surface area contributed by atoms with Crippen LogP contribution in [0, 0.1) is 12.8 Å². The number of carboxylic acids is 1. The standard InChI is InChI=1S/C14H19N3O3/c1-8-3-5-16-13(11(8)12(15)18)17-6-4-10(14(19)20)7-9(17)2/h3,5,9-10H,4,6-7H2,1-2H3,(H2,15,18)(H,19,20). The molecule has 6 nitrogen and oxygen atoms in total. The van der Waals surface area contributed by atoms with Crippen molar-refractivity contribution in [1.29, 1.82) is 0 Å². The average Bonchev–Trinajstić information content (AvgIpc) is 2.37. The molecule has 1 fully saturated rings. The van der Waals surface area contributed by atoms with E-state index in [4.69, 9.17) is 10.8 Å². The van der Waals surface area contributed by atoms with Crippen LogP contribution in [-0.4, -0.2) is 34.6 Å². The molecule has 2 heterocycles. The molecule has 1 saturated heterocycles. The number of primary amides is 1. The Bertz CT molecular complexity index is 544. The molecule has 2 atom stereocenters. The van der Waals surface area contributed by atoms with E-state index in [1.165, 1.54) is 0 Å². The molecule has 1 aromatic rings. The van der Waals surface area contributed by atoms with Gasteiger partial charge in [0.25, 0.3) is 5.91 Å². The second-order valence-corrected chi connectivity index (χ2v) is 5.29. The topological polar surface area (TPSA) is 96.5 Å². The van der Waals surface area contributed by atoms with Gasteiger partial charge in [0.05, 0.1) is 11.5 Å². The van der Waals surface area contributed by atoms with Crippen molar-refractivity contribution in [3.63, 3.8) is 0 Å². The second-order valence-electron chi connectivity index (χ2n) is 5.29. The monoisotopic (exact) mass is 277 g/mol. The van der Waals surface area contributed by atoms with Gasteiger partial charge in [0.15, 0.2) is 0 Å². The molecule has 6 heteroatoms. The molecular formula is C14H19N3O3. The summed E-state index contributed by atoms with van der Waals surface area (Å²) in [5, 5.41) is 9.09. The number of rotatable bonds is 3. The fourth-order valence-corrected chi connectivity index (χ4v) is 2.78. The minimum Gasteiger partial charge on any atom is -0.481 e. The molecule has 0 aromatic carbocycles. The number of nitrogens with two attached hydrogens (primary N) is 1. The van der Waals surface area contributed by atoms with Crippen LogP contribution in [0.2, 0.25) is 0 Å². The number of nitrogens with zero attached hydrogens (tertiary/aromatic N) is 2. The van der Waals surface area contributed by atoms with E-state index in [1.807, 2.05) is 18.7 Å². The van der Waals surface area contributed by atoms with Gasteiger partial charge in [-0.2, -0.15) is 0 Å². The maximum atomic E-state index is 11.6. The summed E-state index contributed by atoms with van der Waals surface area (Å²) >= 11 is 0. The predicted octanol–water partition coefficient (Wildman–Crippen LogP) is 1.18. The van der Waals surface area contributed by atoms with Crippen LogP contribution < -0.4 is 10.6 Å². The number of hydrogen-bond acceptors (Lipinski definition) is 4. The summed E-state index contributed by atoms with van der Waals surface area (Å²) in [5.41, 5.74) is 6.65. The number of carboxylic acid groups (broad SMARTS) is 1. The lowest BCUT2D eigenvalue weighted by atomic mass is 9.91. The molecule has 1 aliphatic heterocycles. The molecule has 20 heavy (non-hydrogen) atoms. The zero-order valence-electron chi connectivity index (χ0n) is 11.7. The Labute approximate surface area is 117 Å². The predicted molar refractivity (Wildman–Crippen MR) is 74.7 cm³/mol. The minimum atomic E-state index is -0.760. The first-order chi connectivity index (χ1) is 9.41. The van der Waals surface area contributed by atoms with Crippen molar-refractivity contribution < 1.29 is 14.7 Å². The smallest absolute Gasteiger partial charge is 0.306 e. The molecule has 0 bridgehead atoms. The lowest BCUT2D eigenvalue weighted by Gasteiger charge is -2.38. The van der Waals surface area contributed by atoms with E-state index in [0.717, 1.165) is 5.56 Å². The van der Waals surface area contributed by atoms with Crippen molar-refractivity contribution in [2.75, 3.05) is 11.4 Å². The van der Waals surface area contributed by atoms with Gasteiger partial charge in [-0.25, -0.2) is 4.98 Å². The number of amides is 1. The van der Waals surface area contributed by atoms with Crippen LogP contribution in [0.25, 0.3) is 0 Å². The Kier molecular flexibility index (Phi) is 3.92. The summed E-state index contributed by atoms with van der Waals surface area (Å²) in [6.07, 6.45) is 2.74. The SMILES string of the molecule is Cc1ccnc(N2CCC(C(=O)O)CC2C)c1C(N)=O. The number of aryl methyl sites for hydroxylation is 1. The van der Waals surface area contributed by atoms with Crippen molar-refractivity contribution in [2.45, 2.75) is 32.7 Å². The first-order valence-electron chi connectivity index (χ1n) is 6.66. The fraction of sp³-hybridized carbons (Fsp3) is 0.500. The molecule has 0 aliphatic carbocycles. The van der Waals surface area contributed by atoms with Gasteiger partial charge in [-0.3, -0.25) is 9.59 Å². The van der Waals surface area contributed by atoms with Crippen molar-refractivity contribution in [3.8, 4) is 0 Å². The number of aromatic nitrogens is 1. The highest BCUT2D eigenvalue weighted by Crippen LogP contribution is 2.30. The van der Waals surface area contributed by atoms with Crippen molar-refractivity contribution in [1.82, 2.24) is 4.98 Å². The van der Waals surface area contributed by atoms with Crippen molar-refractivity contribution in [3.05, 3.63) is 23.4 Å². The Hall–Kier alpha value is -2.11. The fourth-order valence-electron chi connectivity index (χ4n) is 2.78. The van der Waals surface area contributed by atoms with Gasteiger partial charge in [0, 0.05) is 18.8 Å². The summed E-state index contributed by atoms with van der Waals surface area (Å²) in [6.45, 7) is 4.33. The maximum Gasteiger partial charge on any atom is 0.306 e. The lowest BCUT2D eigenvalue weighted by Crippen LogP contribution is -2.44. The quantitative estimate of drug-likeness (QED) is 0.864. The summed E-state index contributed by atoms with van der Waals surface area (Å²) < 4.78 is 0. The van der Waals surface area contributed by atoms with E-state index < -0.39 is 11.9 Å². The highest BCUT2D eigenvalue weighted by Gasteiger charge is 2.32. The summed E-state index contributed by atoms with van der Waals surface area (Å²) in [5.74, 6) is -1.03. The van der Waals surface area contributed by atoms with Gasteiger partial charge in [0.2, 0.25) is 0 Å². The van der Waals surface area contributed by atoms with Crippen LogP contribution in [0.15, 0.2) is 12.3 Å². The van der Waals surface area contributed by atoms with Crippen LogP contribution in [0.1, 0.15) is 35.7 Å². The van der Waals surface area contributed by atoms with E-state index >= 15 is 0 Å². The van der Waals surface area contributed by atoms with E-state index in [1.54, 1.807) is 12.3 Å². The van der Waals surface area contributed by atoms with E-state index in [-0.39, 0.29) is 12.0 Å². The number of anilines is 1. The zero-order chi connectivity index (χ0) is 14.9. The van der Waals surface area contributed by atoms with Gasteiger partial charge in [0.1, 0.15) is 5.82 Å². The van der Waals surface area contributed by atoms with Crippen LogP contribution in [0.5, 0.6) is 0 Å². The molecule has 1 aromatic heterocycles. The highest BCUT2D eigenvalue weighted by atomic mass is 16.4. The van der Waals surface area contributed by atoms with Crippen LogP contribution >= 0.6 is 0 Å². The van der Waals surface area contributed by atoms with Gasteiger partial charge >= 0.3 is 5.97 Å². The number of piperidine rings is 1. The third-order valence-corrected chi connectivity index (χ3v) is 3.88. The zero-order valence-corrected chi connectivity index (χ0v) is 11.7. The molecule has 2 rings (SSSR count). The van der Waals surface area contributed by atoms with Gasteiger partial charge in [-0.05, 0) is 38.3 Å². The first kappa shape index (κ1) is 14.3. The lowest BCUT2D eigenvalue weighted by molar-refractivity contribution is -0.142. The normalized spacial score (nSPS) is 22.6. The van der Waals surface area contributed by atoms with E-state index in [9.17, 15) is 9.59 Å². The first-order valence-corrected chi connectivity index (χ1v) is 6.66. The van der Waals surface area contributed by atoms with Crippen molar-refractivity contribution in [2.24, 2.45) is 11.7 Å². The third kappa shape index (κ3) is 2.59. The molecule has 1 amide bonds. The molecular weight excluding hydrogens is 258 g/mol. The van der Waals surface area contributed by atoms with E-state index in [2.05, 4.69) is 4.98 Å². The van der Waals surface area contributed by atoms with Crippen molar-refractivity contribution >= 4 is 17.7 Å². The minimum absolute atomic E-state index is 0.0113. The number of pyridine rings is 1. The summed E-state index contributed by atoms with van der Waals surface area (Å²) in [4.78, 5) is 29.0. The molecule has 108 valence electrons. The largest absolute Gasteiger partial charge is 0.481 e. The van der Waals surface area contributed by atoms with E-state index in [0.29, 0.717) is 30.8 Å². The molecule has 1 aliphatic rings. The number of carbonyl (C=O) groups is 2. The number of aliphatic carboxylic acids is 1. The molecule has 0 spiro atoms. The van der Waals surface area contributed by atoms with Gasteiger partial charge in [-0.1, -0.05) is 0 Å². The number of carbonyl (C=O) groups excluding carboxylic acids is 1. The van der Waals surface area contributed by atoms with Gasteiger partial charge < -0.3 is 15.7 Å². The number of hydrogen-bond donors (Lipinski definition) is 2. The molecule has 2 unspecified atom stereocenters. The van der Waals surface area contributed by atoms with Crippen LogP contribution in [0.4, 0.5) is 5.82 Å². The Morgan fingerprint density at radius 3 is 2.75 bits per heavy atom. The third-order valence-electron chi connectivity index (χ3n) is 3.88. The highest BCUT2D eigenvalue weighted by molar-refractivity contribution is 5.99. The molecule has 0 saturated carbocycles. The second kappa shape index (κ2) is 5.48. The van der Waals surface area contributed by atoms with Gasteiger partial charge in [-0.15, -0.1) is 0 Å². The maximum absolute atomic E-state index is 11.6. The Morgan fingerprint density at radius 1 is 1.50 bits per heavy atom. The molecule has 0 radical (unpaired) electrons. The average molecular weight is 277 g/mol. The Balaban J connectivity index is 2.32. The van der Waals surface area contributed by atoms with Crippen LogP contribution in [0.3, 0.4) is 0 Å².